The van der Waals surface area contributed by atoms with Gasteiger partial charge in [0.25, 0.3) is 0 Å². The van der Waals surface area contributed by atoms with Crippen LogP contribution in [0.25, 0.3) is 0 Å². The van der Waals surface area contributed by atoms with Gasteiger partial charge in [-0.2, -0.15) is 0 Å². The van der Waals surface area contributed by atoms with E-state index < -0.39 is 47.7 Å². The van der Waals surface area contributed by atoms with E-state index in [1.165, 1.54) is 18.2 Å². The standard InChI is InChI=1S/C23H33NO9/c1-7-18(25)31-16-10-9-14(12-17(16)32-19(26)8-2)15(20(24)21(27)28)11-13(3)30-22(29)33-23(4,5)6/h9-10,12-13,15,20H,7-8,11,24H2,1-6H3,(H,27,28)/t13?,15?,20-/m0/s1. The van der Waals surface area contributed by atoms with Gasteiger partial charge in [0.1, 0.15) is 17.7 Å². The van der Waals surface area contributed by atoms with Crippen molar-refractivity contribution in [3.63, 3.8) is 0 Å². The van der Waals surface area contributed by atoms with Gasteiger partial charge >= 0.3 is 24.1 Å². The molecule has 0 amide bonds. The average Bonchev–Trinajstić information content (AvgIpc) is 2.70. The Morgan fingerprint density at radius 1 is 1.00 bits per heavy atom. The number of esters is 2. The fraction of sp³-hybridized carbons (Fsp3) is 0.565. The number of carboxylic acid groups (broad SMARTS) is 1. The largest absolute Gasteiger partial charge is 0.509 e. The minimum atomic E-state index is -1.35. The number of aliphatic carboxylic acids is 1. The molecular weight excluding hydrogens is 434 g/mol. The van der Waals surface area contributed by atoms with Gasteiger partial charge in [0.2, 0.25) is 0 Å². The van der Waals surface area contributed by atoms with Crippen LogP contribution in [-0.2, 0) is 23.9 Å². The minimum absolute atomic E-state index is 0.0214. The molecule has 1 rings (SSSR count). The molecule has 184 valence electrons. The van der Waals surface area contributed by atoms with Crippen LogP contribution < -0.4 is 15.2 Å². The molecule has 0 aromatic heterocycles. The third kappa shape index (κ3) is 9.48. The van der Waals surface area contributed by atoms with Crippen LogP contribution in [0.4, 0.5) is 4.79 Å². The topological polar surface area (TPSA) is 151 Å². The maximum absolute atomic E-state index is 12.0. The molecule has 0 saturated carbocycles. The molecule has 0 aliphatic heterocycles. The molecule has 0 bridgehead atoms. The third-order valence-electron chi connectivity index (χ3n) is 4.41. The summed E-state index contributed by atoms with van der Waals surface area (Å²) in [6.07, 6.45) is -1.41. The second-order valence-electron chi connectivity index (χ2n) is 8.46. The Morgan fingerprint density at radius 2 is 1.55 bits per heavy atom. The Kier molecular flexibility index (Phi) is 10.3. The van der Waals surface area contributed by atoms with E-state index in [0.717, 1.165) is 0 Å². The smallest absolute Gasteiger partial charge is 0.480 e. The number of carboxylic acids is 1. The zero-order valence-corrected chi connectivity index (χ0v) is 19.9. The van der Waals surface area contributed by atoms with Crippen LogP contribution in [0.15, 0.2) is 18.2 Å². The van der Waals surface area contributed by atoms with Crippen LogP contribution in [-0.4, -0.2) is 46.9 Å². The van der Waals surface area contributed by atoms with Crippen LogP contribution >= 0.6 is 0 Å². The average molecular weight is 468 g/mol. The number of ether oxygens (including phenoxy) is 4. The zero-order valence-electron chi connectivity index (χ0n) is 19.9. The lowest BCUT2D eigenvalue weighted by molar-refractivity contribution is -0.139. The minimum Gasteiger partial charge on any atom is -0.480 e. The van der Waals surface area contributed by atoms with Crippen LogP contribution in [0.1, 0.15) is 72.3 Å². The molecule has 10 nitrogen and oxygen atoms in total. The first-order valence-corrected chi connectivity index (χ1v) is 10.7. The fourth-order valence-corrected chi connectivity index (χ4v) is 2.82. The van der Waals surface area contributed by atoms with Gasteiger partial charge in [-0.25, -0.2) is 4.79 Å². The highest BCUT2D eigenvalue weighted by molar-refractivity contribution is 5.77. The van der Waals surface area contributed by atoms with Crippen LogP contribution in [0.3, 0.4) is 0 Å². The molecule has 0 fully saturated rings. The molecule has 0 spiro atoms. The predicted molar refractivity (Wildman–Crippen MR) is 118 cm³/mol. The first-order valence-electron chi connectivity index (χ1n) is 10.7. The molecule has 3 atom stereocenters. The van der Waals surface area contributed by atoms with E-state index in [4.69, 9.17) is 24.7 Å². The van der Waals surface area contributed by atoms with Crippen molar-refractivity contribution in [2.45, 2.75) is 84.5 Å². The van der Waals surface area contributed by atoms with Crippen molar-refractivity contribution in [3.8, 4) is 11.5 Å². The van der Waals surface area contributed by atoms with Crippen molar-refractivity contribution in [1.82, 2.24) is 0 Å². The highest BCUT2D eigenvalue weighted by atomic mass is 16.7. The number of hydrogen-bond acceptors (Lipinski definition) is 9. The van der Waals surface area contributed by atoms with Crippen molar-refractivity contribution < 1.29 is 43.2 Å². The molecule has 1 aromatic rings. The Balaban J connectivity index is 3.25. The summed E-state index contributed by atoms with van der Waals surface area (Å²) < 4.78 is 20.9. The maximum atomic E-state index is 12.0. The van der Waals surface area contributed by atoms with E-state index in [9.17, 15) is 24.3 Å². The number of rotatable bonds is 10. The predicted octanol–water partition coefficient (Wildman–Crippen LogP) is 3.54. The molecule has 0 aliphatic carbocycles. The van der Waals surface area contributed by atoms with Crippen molar-refractivity contribution in [2.75, 3.05) is 0 Å². The lowest BCUT2D eigenvalue weighted by atomic mass is 9.87. The van der Waals surface area contributed by atoms with Gasteiger partial charge in [-0.15, -0.1) is 0 Å². The summed E-state index contributed by atoms with van der Waals surface area (Å²) in [4.78, 5) is 47.2. The summed E-state index contributed by atoms with van der Waals surface area (Å²) in [6, 6.07) is 2.98. The number of hydrogen-bond donors (Lipinski definition) is 2. The van der Waals surface area contributed by atoms with Gasteiger partial charge in [0.15, 0.2) is 11.5 Å². The summed E-state index contributed by atoms with van der Waals surface area (Å²) in [5.41, 5.74) is 5.58. The van der Waals surface area contributed by atoms with E-state index in [0.29, 0.717) is 5.56 Å². The Morgan fingerprint density at radius 3 is 2.03 bits per heavy atom. The monoisotopic (exact) mass is 467 g/mol. The molecule has 0 saturated heterocycles. The number of carbonyl (C=O) groups excluding carboxylic acids is 3. The molecule has 10 heteroatoms. The molecular formula is C23H33NO9. The van der Waals surface area contributed by atoms with Crippen molar-refractivity contribution in [2.24, 2.45) is 5.73 Å². The van der Waals surface area contributed by atoms with Gasteiger partial charge in [-0.3, -0.25) is 14.4 Å². The van der Waals surface area contributed by atoms with Crippen molar-refractivity contribution >= 4 is 24.1 Å². The first kappa shape index (κ1) is 27.9. The maximum Gasteiger partial charge on any atom is 0.509 e. The summed E-state index contributed by atoms with van der Waals surface area (Å²) in [5, 5.41) is 9.51. The van der Waals surface area contributed by atoms with Gasteiger partial charge in [0, 0.05) is 18.8 Å². The van der Waals surface area contributed by atoms with Crippen LogP contribution in [0.2, 0.25) is 0 Å². The lowest BCUT2D eigenvalue weighted by Gasteiger charge is -2.26. The highest BCUT2D eigenvalue weighted by Crippen LogP contribution is 2.35. The van der Waals surface area contributed by atoms with Gasteiger partial charge < -0.3 is 29.8 Å². The molecule has 1 aromatic carbocycles. The van der Waals surface area contributed by atoms with Gasteiger partial charge in [0.05, 0.1) is 0 Å². The lowest BCUT2D eigenvalue weighted by Crippen LogP contribution is -2.38. The SMILES string of the molecule is CCC(=O)Oc1ccc(C(CC(C)OC(=O)OC(C)(C)C)[C@H](N)C(=O)O)cc1OC(=O)CC. The van der Waals surface area contributed by atoms with E-state index in [1.54, 1.807) is 41.5 Å². The second kappa shape index (κ2) is 12.2. The van der Waals surface area contributed by atoms with Crippen LogP contribution in [0.5, 0.6) is 11.5 Å². The second-order valence-corrected chi connectivity index (χ2v) is 8.46. The van der Waals surface area contributed by atoms with E-state index >= 15 is 0 Å². The Hall–Kier alpha value is -3.14. The summed E-state index contributed by atoms with van der Waals surface area (Å²) >= 11 is 0. The molecule has 0 aliphatic rings. The summed E-state index contributed by atoms with van der Waals surface area (Å²) in [7, 11) is 0. The van der Waals surface area contributed by atoms with Gasteiger partial charge in [-0.05, 0) is 51.8 Å². The zero-order chi connectivity index (χ0) is 25.3. The molecule has 0 radical (unpaired) electrons. The van der Waals surface area contributed by atoms with E-state index in [1.807, 2.05) is 0 Å². The molecule has 2 unspecified atom stereocenters. The molecule has 3 N–H and O–H groups in total. The number of carbonyl (C=O) groups is 4. The van der Waals surface area contributed by atoms with E-state index in [-0.39, 0.29) is 30.8 Å². The number of benzene rings is 1. The van der Waals surface area contributed by atoms with Crippen molar-refractivity contribution in [1.29, 1.82) is 0 Å². The molecule has 33 heavy (non-hydrogen) atoms. The quantitative estimate of drug-likeness (QED) is 0.386. The molecule has 0 heterocycles. The van der Waals surface area contributed by atoms with Crippen molar-refractivity contribution in [3.05, 3.63) is 23.8 Å². The summed E-state index contributed by atoms with van der Waals surface area (Å²) in [6.45, 7) is 9.86. The third-order valence-corrected chi connectivity index (χ3v) is 4.41. The first-order chi connectivity index (χ1) is 15.3. The summed E-state index contributed by atoms with van der Waals surface area (Å²) in [5.74, 6) is -3.21. The number of nitrogens with two attached hydrogens (primary N) is 1. The van der Waals surface area contributed by atoms with E-state index in [2.05, 4.69) is 0 Å². The normalized spacial score (nSPS) is 13.9. The fourth-order valence-electron chi connectivity index (χ4n) is 2.82. The Labute approximate surface area is 193 Å². The van der Waals surface area contributed by atoms with Gasteiger partial charge in [-0.1, -0.05) is 19.9 Å². The Bertz CT molecular complexity index is 860. The van der Waals surface area contributed by atoms with Crippen LogP contribution in [0, 0.1) is 0 Å². The highest BCUT2D eigenvalue weighted by Gasteiger charge is 2.30.